The van der Waals surface area contributed by atoms with Gasteiger partial charge in [0.1, 0.15) is 11.9 Å². The maximum Gasteiger partial charge on any atom is 0.249 e. The molecular formula is C10H10BrN3O2. The summed E-state index contributed by atoms with van der Waals surface area (Å²) in [4.78, 5) is 28.6. The summed E-state index contributed by atoms with van der Waals surface area (Å²) in [5, 5.41) is 2.29. The highest BCUT2D eigenvalue weighted by atomic mass is 79.9. The molecule has 1 saturated heterocycles. The standard InChI is InChI=1S/C10H10BrN3O2/c1-6-10(16)13-8(15)5-14(6)9-7(11)3-2-4-12-9/h2-4,6H,5H2,1H3,(H,13,15,16). The number of piperazine rings is 1. The van der Waals surface area contributed by atoms with Crippen LogP contribution in [0.15, 0.2) is 22.8 Å². The molecule has 1 aromatic rings. The van der Waals surface area contributed by atoms with Crippen LogP contribution in [0, 0.1) is 0 Å². The second-order valence-electron chi connectivity index (χ2n) is 3.53. The van der Waals surface area contributed by atoms with E-state index < -0.39 is 6.04 Å². The summed E-state index contributed by atoms with van der Waals surface area (Å²) >= 11 is 3.35. The van der Waals surface area contributed by atoms with E-state index in [0.717, 1.165) is 4.47 Å². The van der Waals surface area contributed by atoms with Crippen molar-refractivity contribution in [2.24, 2.45) is 0 Å². The number of carbonyl (C=O) groups excluding carboxylic acids is 2. The fourth-order valence-electron chi connectivity index (χ4n) is 1.56. The lowest BCUT2D eigenvalue weighted by Crippen LogP contribution is -2.57. The average molecular weight is 284 g/mol. The molecule has 1 fully saturated rings. The number of pyridine rings is 1. The lowest BCUT2D eigenvalue weighted by atomic mass is 10.2. The summed E-state index contributed by atoms with van der Waals surface area (Å²) in [5.74, 6) is 0.00709. The number of hydrogen-bond acceptors (Lipinski definition) is 4. The van der Waals surface area contributed by atoms with Gasteiger partial charge in [0, 0.05) is 6.20 Å². The highest BCUT2D eigenvalue weighted by Gasteiger charge is 2.31. The molecule has 1 N–H and O–H groups in total. The van der Waals surface area contributed by atoms with Crippen molar-refractivity contribution in [1.82, 2.24) is 10.3 Å². The first-order chi connectivity index (χ1) is 7.59. The first-order valence-electron chi connectivity index (χ1n) is 4.80. The molecule has 1 atom stereocenters. The SMILES string of the molecule is CC1C(=O)NC(=O)CN1c1ncccc1Br. The highest BCUT2D eigenvalue weighted by Crippen LogP contribution is 2.25. The van der Waals surface area contributed by atoms with Crippen molar-refractivity contribution >= 4 is 33.6 Å². The van der Waals surface area contributed by atoms with E-state index in [-0.39, 0.29) is 18.4 Å². The Morgan fingerprint density at radius 2 is 2.31 bits per heavy atom. The summed E-state index contributed by atoms with van der Waals surface area (Å²) in [6.45, 7) is 1.88. The molecule has 1 unspecified atom stereocenters. The van der Waals surface area contributed by atoms with Crippen molar-refractivity contribution in [1.29, 1.82) is 0 Å². The molecule has 16 heavy (non-hydrogen) atoms. The highest BCUT2D eigenvalue weighted by molar-refractivity contribution is 9.10. The van der Waals surface area contributed by atoms with E-state index in [1.807, 2.05) is 6.07 Å². The maximum atomic E-state index is 11.5. The molecule has 0 aromatic carbocycles. The summed E-state index contributed by atoms with van der Waals surface area (Å²) in [7, 11) is 0. The zero-order valence-electron chi connectivity index (χ0n) is 8.61. The van der Waals surface area contributed by atoms with E-state index in [2.05, 4.69) is 26.2 Å². The van der Waals surface area contributed by atoms with Crippen LogP contribution in [0.4, 0.5) is 5.82 Å². The fraction of sp³-hybridized carbons (Fsp3) is 0.300. The normalized spacial score (nSPS) is 20.9. The summed E-state index contributed by atoms with van der Waals surface area (Å²) < 4.78 is 0.768. The summed E-state index contributed by atoms with van der Waals surface area (Å²) in [5.41, 5.74) is 0. The lowest BCUT2D eigenvalue weighted by molar-refractivity contribution is -0.132. The zero-order chi connectivity index (χ0) is 11.7. The minimum Gasteiger partial charge on any atom is -0.335 e. The quantitative estimate of drug-likeness (QED) is 0.771. The van der Waals surface area contributed by atoms with Gasteiger partial charge >= 0.3 is 0 Å². The molecule has 5 nitrogen and oxygen atoms in total. The van der Waals surface area contributed by atoms with Crippen molar-refractivity contribution in [3.63, 3.8) is 0 Å². The Labute approximate surface area is 101 Å². The van der Waals surface area contributed by atoms with Gasteiger partial charge in [0.2, 0.25) is 11.8 Å². The number of rotatable bonds is 1. The average Bonchev–Trinajstić information content (AvgIpc) is 2.24. The van der Waals surface area contributed by atoms with Crippen molar-refractivity contribution in [2.75, 3.05) is 11.4 Å². The second kappa shape index (κ2) is 4.21. The number of nitrogens with one attached hydrogen (secondary N) is 1. The molecule has 6 heteroatoms. The van der Waals surface area contributed by atoms with Crippen molar-refractivity contribution in [2.45, 2.75) is 13.0 Å². The molecule has 84 valence electrons. The number of anilines is 1. The van der Waals surface area contributed by atoms with Gasteiger partial charge in [-0.3, -0.25) is 14.9 Å². The third-order valence-electron chi connectivity index (χ3n) is 2.43. The van der Waals surface area contributed by atoms with Gasteiger partial charge in [-0.2, -0.15) is 0 Å². The molecule has 2 rings (SSSR count). The van der Waals surface area contributed by atoms with Crippen molar-refractivity contribution < 1.29 is 9.59 Å². The minimum atomic E-state index is -0.399. The number of imide groups is 1. The maximum absolute atomic E-state index is 11.5. The predicted octanol–water partition coefficient (Wildman–Crippen LogP) is 0.695. The van der Waals surface area contributed by atoms with Crippen LogP contribution in [-0.2, 0) is 9.59 Å². The molecule has 0 spiro atoms. The van der Waals surface area contributed by atoms with Gasteiger partial charge < -0.3 is 4.90 Å². The molecule has 1 aromatic heterocycles. The van der Waals surface area contributed by atoms with Gasteiger partial charge in [0.25, 0.3) is 0 Å². The largest absolute Gasteiger partial charge is 0.335 e. The number of amides is 2. The molecule has 1 aliphatic heterocycles. The molecular weight excluding hydrogens is 274 g/mol. The predicted molar refractivity (Wildman–Crippen MR) is 61.9 cm³/mol. The van der Waals surface area contributed by atoms with E-state index in [1.54, 1.807) is 24.1 Å². The van der Waals surface area contributed by atoms with E-state index in [1.165, 1.54) is 0 Å². The van der Waals surface area contributed by atoms with Gasteiger partial charge in [-0.1, -0.05) is 0 Å². The van der Waals surface area contributed by atoms with Crippen LogP contribution in [0.25, 0.3) is 0 Å². The van der Waals surface area contributed by atoms with Crippen LogP contribution in [0.2, 0.25) is 0 Å². The Hall–Kier alpha value is -1.43. The third kappa shape index (κ3) is 1.92. The van der Waals surface area contributed by atoms with Crippen LogP contribution in [0.5, 0.6) is 0 Å². The van der Waals surface area contributed by atoms with E-state index in [9.17, 15) is 9.59 Å². The molecule has 2 heterocycles. The van der Waals surface area contributed by atoms with E-state index in [4.69, 9.17) is 0 Å². The van der Waals surface area contributed by atoms with E-state index >= 15 is 0 Å². The van der Waals surface area contributed by atoms with Gasteiger partial charge in [-0.05, 0) is 35.0 Å². The van der Waals surface area contributed by atoms with Crippen LogP contribution < -0.4 is 10.2 Å². The Kier molecular flexibility index (Phi) is 2.91. The van der Waals surface area contributed by atoms with Crippen molar-refractivity contribution in [3.8, 4) is 0 Å². The Morgan fingerprint density at radius 1 is 1.56 bits per heavy atom. The number of carbonyl (C=O) groups is 2. The summed E-state index contributed by atoms with van der Waals surface area (Å²) in [6.07, 6.45) is 1.63. The van der Waals surface area contributed by atoms with Crippen LogP contribution in [0.3, 0.4) is 0 Å². The minimum absolute atomic E-state index is 0.141. The van der Waals surface area contributed by atoms with Crippen LogP contribution >= 0.6 is 15.9 Å². The van der Waals surface area contributed by atoms with Crippen molar-refractivity contribution in [3.05, 3.63) is 22.8 Å². The first kappa shape index (κ1) is 11.1. The lowest BCUT2D eigenvalue weighted by Gasteiger charge is -2.32. The monoisotopic (exact) mass is 283 g/mol. The van der Waals surface area contributed by atoms with Gasteiger partial charge in [-0.25, -0.2) is 4.98 Å². The number of aromatic nitrogens is 1. The van der Waals surface area contributed by atoms with Crippen LogP contribution in [0.1, 0.15) is 6.92 Å². The number of nitrogens with zero attached hydrogens (tertiary/aromatic N) is 2. The Morgan fingerprint density at radius 3 is 3.00 bits per heavy atom. The molecule has 0 radical (unpaired) electrons. The van der Waals surface area contributed by atoms with Gasteiger partial charge in [-0.15, -0.1) is 0 Å². The smallest absolute Gasteiger partial charge is 0.249 e. The van der Waals surface area contributed by atoms with Crippen LogP contribution in [-0.4, -0.2) is 29.4 Å². The van der Waals surface area contributed by atoms with Gasteiger partial charge in [0.05, 0.1) is 11.0 Å². The molecule has 0 aliphatic carbocycles. The number of halogens is 1. The third-order valence-corrected chi connectivity index (χ3v) is 3.05. The Bertz CT molecular complexity index is 449. The molecule has 0 saturated carbocycles. The first-order valence-corrected chi connectivity index (χ1v) is 5.59. The molecule has 1 aliphatic rings. The fourth-order valence-corrected chi connectivity index (χ4v) is 2.04. The second-order valence-corrected chi connectivity index (χ2v) is 4.38. The summed E-state index contributed by atoms with van der Waals surface area (Å²) in [6, 6.07) is 3.21. The Balaban J connectivity index is 2.36. The van der Waals surface area contributed by atoms with E-state index in [0.29, 0.717) is 5.82 Å². The molecule has 2 amide bonds. The number of hydrogen-bond donors (Lipinski definition) is 1. The topological polar surface area (TPSA) is 62.3 Å². The van der Waals surface area contributed by atoms with Gasteiger partial charge in [0.15, 0.2) is 0 Å². The zero-order valence-corrected chi connectivity index (χ0v) is 10.2. The molecule has 0 bridgehead atoms.